The van der Waals surface area contributed by atoms with Gasteiger partial charge in [0.05, 0.1) is 21.4 Å². The summed E-state index contributed by atoms with van der Waals surface area (Å²) >= 11 is 1.28. The van der Waals surface area contributed by atoms with Crippen LogP contribution in [0.3, 0.4) is 0 Å². The summed E-state index contributed by atoms with van der Waals surface area (Å²) in [5.74, 6) is -1.21. The van der Waals surface area contributed by atoms with Gasteiger partial charge in [-0.05, 0) is 30.7 Å². The standard InChI is InChI=1S/C15H9F2N3OS.C2H6/c1-7-2-3-10(8(16)4-7)20-14-9(19-15(20)21)5-11-13(12(14)17)18-6-22-11;1-2/h2-6H,1H3,(H,19,21);1-2H3. The molecule has 7 heteroatoms. The number of nitrogens with zero attached hydrogens (tertiary/aromatic N) is 2. The minimum atomic E-state index is -0.632. The summed E-state index contributed by atoms with van der Waals surface area (Å²) in [6.07, 6.45) is 0. The Morgan fingerprint density at radius 1 is 1.21 bits per heavy atom. The average Bonchev–Trinajstić information content (AvgIpc) is 3.14. The van der Waals surface area contributed by atoms with E-state index in [-0.39, 0.29) is 16.7 Å². The second-order valence-electron chi connectivity index (χ2n) is 5.01. The summed E-state index contributed by atoms with van der Waals surface area (Å²) in [5, 5.41) is 0. The Labute approximate surface area is 140 Å². The third-order valence-electron chi connectivity index (χ3n) is 3.55. The van der Waals surface area contributed by atoms with Crippen molar-refractivity contribution in [3.05, 3.63) is 57.5 Å². The lowest BCUT2D eigenvalue weighted by atomic mass is 10.2. The number of nitrogens with one attached hydrogen (secondary N) is 1. The number of aryl methyl sites for hydroxylation is 1. The van der Waals surface area contributed by atoms with Crippen LogP contribution in [0.4, 0.5) is 8.78 Å². The number of hydrogen-bond donors (Lipinski definition) is 1. The summed E-state index contributed by atoms with van der Waals surface area (Å²) in [4.78, 5) is 18.7. The van der Waals surface area contributed by atoms with Crippen molar-refractivity contribution in [3.63, 3.8) is 0 Å². The van der Waals surface area contributed by atoms with Gasteiger partial charge < -0.3 is 4.98 Å². The minimum Gasteiger partial charge on any atom is -0.305 e. The number of halogens is 2. The first-order chi connectivity index (χ1) is 11.6. The second-order valence-corrected chi connectivity index (χ2v) is 5.89. The highest BCUT2D eigenvalue weighted by Gasteiger charge is 2.19. The maximum Gasteiger partial charge on any atom is 0.331 e. The first-order valence-corrected chi connectivity index (χ1v) is 8.37. The van der Waals surface area contributed by atoms with Gasteiger partial charge in [-0.1, -0.05) is 19.9 Å². The summed E-state index contributed by atoms with van der Waals surface area (Å²) in [6.45, 7) is 5.74. The summed E-state index contributed by atoms with van der Waals surface area (Å²) in [6, 6.07) is 6.09. The topological polar surface area (TPSA) is 50.7 Å². The molecule has 0 saturated heterocycles. The van der Waals surface area contributed by atoms with E-state index < -0.39 is 17.3 Å². The largest absolute Gasteiger partial charge is 0.331 e. The zero-order valence-electron chi connectivity index (χ0n) is 13.4. The third kappa shape index (κ3) is 2.41. The monoisotopic (exact) mass is 347 g/mol. The Kier molecular flexibility index (Phi) is 4.19. The maximum atomic E-state index is 14.7. The van der Waals surface area contributed by atoms with Gasteiger partial charge in [0, 0.05) is 0 Å². The molecule has 0 aliphatic carbocycles. The van der Waals surface area contributed by atoms with Crippen LogP contribution in [0.1, 0.15) is 19.4 Å². The number of rotatable bonds is 1. The molecular formula is C17H15F2N3OS. The molecule has 0 atom stereocenters. The van der Waals surface area contributed by atoms with Crippen molar-refractivity contribution in [1.82, 2.24) is 14.5 Å². The van der Waals surface area contributed by atoms with Crippen molar-refractivity contribution >= 4 is 32.6 Å². The molecule has 0 aliphatic heterocycles. The number of hydrogen-bond acceptors (Lipinski definition) is 3. The van der Waals surface area contributed by atoms with Crippen LogP contribution < -0.4 is 5.69 Å². The predicted molar refractivity (Wildman–Crippen MR) is 93.1 cm³/mol. The maximum absolute atomic E-state index is 14.7. The molecule has 0 saturated carbocycles. The van der Waals surface area contributed by atoms with Crippen LogP contribution in [0, 0.1) is 18.6 Å². The van der Waals surface area contributed by atoms with Gasteiger partial charge >= 0.3 is 5.69 Å². The first kappa shape index (κ1) is 16.3. The number of aromatic amines is 1. The summed E-state index contributed by atoms with van der Waals surface area (Å²) in [5.41, 5.74) is 2.17. The van der Waals surface area contributed by atoms with Gasteiger partial charge in [-0.25, -0.2) is 18.6 Å². The Hall–Kier alpha value is -2.54. The molecule has 124 valence electrons. The van der Waals surface area contributed by atoms with Gasteiger partial charge in [0.25, 0.3) is 0 Å². The van der Waals surface area contributed by atoms with E-state index in [1.165, 1.54) is 29.0 Å². The van der Waals surface area contributed by atoms with Gasteiger partial charge in [-0.3, -0.25) is 4.57 Å². The highest BCUT2D eigenvalue weighted by atomic mass is 32.1. The zero-order valence-corrected chi connectivity index (χ0v) is 14.2. The molecule has 4 nitrogen and oxygen atoms in total. The van der Waals surface area contributed by atoms with E-state index in [4.69, 9.17) is 0 Å². The van der Waals surface area contributed by atoms with Crippen LogP contribution in [-0.2, 0) is 0 Å². The number of imidazole rings is 1. The van der Waals surface area contributed by atoms with Gasteiger partial charge in [-0.15, -0.1) is 11.3 Å². The van der Waals surface area contributed by atoms with Crippen molar-refractivity contribution in [2.45, 2.75) is 20.8 Å². The van der Waals surface area contributed by atoms with Crippen LogP contribution >= 0.6 is 11.3 Å². The molecule has 0 unspecified atom stereocenters. The molecule has 2 aromatic carbocycles. The molecule has 24 heavy (non-hydrogen) atoms. The van der Waals surface area contributed by atoms with Crippen LogP contribution in [0.2, 0.25) is 0 Å². The van der Waals surface area contributed by atoms with E-state index in [9.17, 15) is 13.6 Å². The minimum absolute atomic E-state index is 0.00570. The smallest absolute Gasteiger partial charge is 0.305 e. The molecular weight excluding hydrogens is 332 g/mol. The zero-order chi connectivity index (χ0) is 17.4. The molecule has 2 heterocycles. The highest BCUT2D eigenvalue weighted by Crippen LogP contribution is 2.29. The van der Waals surface area contributed by atoms with Crippen LogP contribution in [0.15, 0.2) is 34.6 Å². The Bertz CT molecular complexity index is 1090. The molecule has 4 rings (SSSR count). The van der Waals surface area contributed by atoms with E-state index >= 15 is 0 Å². The lowest BCUT2D eigenvalue weighted by Crippen LogP contribution is -2.16. The van der Waals surface area contributed by atoms with Crippen LogP contribution in [-0.4, -0.2) is 14.5 Å². The fraction of sp³-hybridized carbons (Fsp3) is 0.176. The Morgan fingerprint density at radius 3 is 2.67 bits per heavy atom. The second kappa shape index (κ2) is 6.16. The molecule has 4 aromatic rings. The van der Waals surface area contributed by atoms with Gasteiger partial charge in [0.1, 0.15) is 16.9 Å². The highest BCUT2D eigenvalue weighted by molar-refractivity contribution is 7.16. The fourth-order valence-electron chi connectivity index (χ4n) is 2.56. The van der Waals surface area contributed by atoms with Crippen molar-refractivity contribution < 1.29 is 8.78 Å². The van der Waals surface area contributed by atoms with E-state index in [1.54, 1.807) is 19.1 Å². The van der Waals surface area contributed by atoms with Crippen molar-refractivity contribution in [1.29, 1.82) is 0 Å². The van der Waals surface area contributed by atoms with E-state index in [1.807, 2.05) is 13.8 Å². The quantitative estimate of drug-likeness (QED) is 0.549. The molecule has 0 spiro atoms. The van der Waals surface area contributed by atoms with Gasteiger partial charge in [0.15, 0.2) is 5.82 Å². The van der Waals surface area contributed by atoms with E-state index in [0.29, 0.717) is 10.2 Å². The van der Waals surface area contributed by atoms with Crippen molar-refractivity contribution in [2.75, 3.05) is 0 Å². The molecule has 0 radical (unpaired) electrons. The normalized spacial score (nSPS) is 10.9. The lowest BCUT2D eigenvalue weighted by molar-refractivity contribution is 0.612. The average molecular weight is 347 g/mol. The SMILES string of the molecule is CC.Cc1ccc(-n2c(=O)[nH]c3cc4scnc4c(F)c32)c(F)c1. The first-order valence-electron chi connectivity index (χ1n) is 7.49. The molecule has 2 aromatic heterocycles. The Balaban J connectivity index is 0.000000815. The van der Waals surface area contributed by atoms with Crippen LogP contribution in [0.25, 0.3) is 26.9 Å². The fourth-order valence-corrected chi connectivity index (χ4v) is 3.27. The van der Waals surface area contributed by atoms with E-state index in [2.05, 4.69) is 9.97 Å². The third-order valence-corrected chi connectivity index (χ3v) is 4.33. The van der Waals surface area contributed by atoms with Crippen LogP contribution in [0.5, 0.6) is 0 Å². The molecule has 0 amide bonds. The number of fused-ring (bicyclic) bond motifs is 2. The molecule has 0 aliphatic rings. The van der Waals surface area contributed by atoms with Gasteiger partial charge in [0.2, 0.25) is 0 Å². The lowest BCUT2D eigenvalue weighted by Gasteiger charge is -2.06. The van der Waals surface area contributed by atoms with Gasteiger partial charge in [-0.2, -0.15) is 0 Å². The van der Waals surface area contributed by atoms with Crippen molar-refractivity contribution in [3.8, 4) is 5.69 Å². The number of H-pyrrole nitrogens is 1. The summed E-state index contributed by atoms with van der Waals surface area (Å²) in [7, 11) is 0. The molecule has 1 N–H and O–H groups in total. The summed E-state index contributed by atoms with van der Waals surface area (Å²) < 4.78 is 30.5. The molecule has 0 bridgehead atoms. The molecule has 0 fully saturated rings. The van der Waals surface area contributed by atoms with Crippen molar-refractivity contribution in [2.24, 2.45) is 0 Å². The number of benzene rings is 2. The Morgan fingerprint density at radius 2 is 1.96 bits per heavy atom. The predicted octanol–water partition coefficient (Wildman–Crippen LogP) is 4.54. The number of aromatic nitrogens is 3. The number of thiazole rings is 1. The van der Waals surface area contributed by atoms with E-state index in [0.717, 1.165) is 10.1 Å².